The third-order valence-corrected chi connectivity index (χ3v) is 5.00. The Bertz CT molecular complexity index is 220. The zero-order valence-corrected chi connectivity index (χ0v) is 9.78. The molecule has 1 aromatic carbocycles. The van der Waals surface area contributed by atoms with Gasteiger partial charge in [0.25, 0.3) is 0 Å². The van der Waals surface area contributed by atoms with E-state index in [2.05, 4.69) is 59.7 Å². The van der Waals surface area contributed by atoms with Gasteiger partial charge in [-0.15, -0.1) is 0 Å². The van der Waals surface area contributed by atoms with Gasteiger partial charge in [-0.3, -0.25) is 0 Å². The first-order chi connectivity index (χ1) is 4.72. The summed E-state index contributed by atoms with van der Waals surface area (Å²) < 4.78 is 1.47. The summed E-state index contributed by atoms with van der Waals surface area (Å²) in [4.78, 5) is 0. The van der Waals surface area contributed by atoms with Crippen molar-refractivity contribution >= 4 is 39.9 Å². The zero-order chi connectivity index (χ0) is 7.56. The Hall–Kier alpha value is 0.226. The molecule has 0 N–H and O–H groups in total. The molecule has 2 heteroatoms. The van der Waals surface area contributed by atoms with Gasteiger partial charge in [-0.25, -0.2) is 0 Å². The van der Waals surface area contributed by atoms with Crippen molar-refractivity contribution in [1.82, 2.24) is 0 Å². The molecule has 0 nitrogen and oxygen atoms in total. The van der Waals surface area contributed by atoms with Crippen LogP contribution in [0.25, 0.3) is 0 Å². The quantitative estimate of drug-likeness (QED) is 0.634. The zero-order valence-electron chi connectivity index (χ0n) is 6.29. The van der Waals surface area contributed by atoms with Crippen molar-refractivity contribution in [3.63, 3.8) is 0 Å². The molecular weight excluding hydrogens is 252 g/mol. The van der Waals surface area contributed by atoms with E-state index in [-0.39, 0.29) is 0 Å². The van der Waals surface area contributed by atoms with Crippen LogP contribution < -0.4 is 8.80 Å². The molecule has 0 aliphatic rings. The first-order valence-corrected chi connectivity index (χ1v) is 7.53. The van der Waals surface area contributed by atoms with Gasteiger partial charge in [-0.1, -0.05) is 0 Å². The van der Waals surface area contributed by atoms with Crippen LogP contribution >= 0.6 is 0 Å². The third-order valence-electron chi connectivity index (χ3n) is 1.54. The van der Waals surface area contributed by atoms with Gasteiger partial charge in [0.1, 0.15) is 0 Å². The molecule has 0 heterocycles. The van der Waals surface area contributed by atoms with Crippen molar-refractivity contribution in [2.45, 2.75) is 13.1 Å². The van der Waals surface area contributed by atoms with Gasteiger partial charge < -0.3 is 0 Å². The minimum absolute atomic E-state index is 0.566. The van der Waals surface area contributed by atoms with E-state index in [1.165, 1.54) is 3.61 Å². The molecule has 0 saturated carbocycles. The monoisotopic (exact) mass is 265 g/mol. The van der Waals surface area contributed by atoms with E-state index in [4.69, 9.17) is 0 Å². The molecule has 1 aromatic rings. The van der Waals surface area contributed by atoms with Crippen LogP contribution in [0.2, 0.25) is 13.1 Å². The van der Waals surface area contributed by atoms with Crippen LogP contribution in [0.1, 0.15) is 0 Å². The predicted octanol–water partition coefficient (Wildman–Crippen LogP) is 0.174. The number of rotatable bonds is 1. The van der Waals surface area contributed by atoms with Crippen molar-refractivity contribution in [3.8, 4) is 0 Å². The van der Waals surface area contributed by atoms with Crippen LogP contribution in [0, 0.1) is 0 Å². The van der Waals surface area contributed by atoms with E-state index in [1.807, 2.05) is 0 Å². The Morgan fingerprint density at radius 3 is 2.20 bits per heavy atom. The summed E-state index contributed by atoms with van der Waals surface area (Å²) in [5.74, 6) is 0. The summed E-state index contributed by atoms with van der Waals surface area (Å²) in [5, 5.41) is 1.60. The van der Waals surface area contributed by atoms with Crippen molar-refractivity contribution in [1.29, 1.82) is 0 Å². The van der Waals surface area contributed by atoms with E-state index >= 15 is 0 Å². The molecule has 0 bridgehead atoms. The Balaban J connectivity index is 3.03. The average Bonchev–Trinajstić information content (AvgIpc) is 1.88. The Morgan fingerprint density at radius 2 is 1.80 bits per heavy atom. The van der Waals surface area contributed by atoms with Crippen LogP contribution in [0.3, 0.4) is 0 Å². The van der Waals surface area contributed by atoms with Gasteiger partial charge in [0, 0.05) is 0 Å². The fourth-order valence-corrected chi connectivity index (χ4v) is 4.56. The normalized spacial score (nSPS) is 10.3. The predicted molar refractivity (Wildman–Crippen MR) is 50.3 cm³/mol. The van der Waals surface area contributed by atoms with Gasteiger partial charge >= 0.3 is 77.2 Å². The Labute approximate surface area is 77.2 Å². The van der Waals surface area contributed by atoms with E-state index in [9.17, 15) is 0 Å². The first kappa shape index (κ1) is 8.32. The van der Waals surface area contributed by atoms with Crippen LogP contribution in [0.4, 0.5) is 0 Å². The molecule has 1 rings (SSSR count). The van der Waals surface area contributed by atoms with Crippen LogP contribution in [-0.4, -0.2) is 31.1 Å². The topological polar surface area (TPSA) is 0 Å². The van der Waals surface area contributed by atoms with Crippen LogP contribution in [0.15, 0.2) is 24.3 Å². The Kier molecular flexibility index (Phi) is 2.97. The summed E-state index contributed by atoms with van der Waals surface area (Å²) >= 11 is 2.13. The maximum atomic E-state index is 2.37. The first-order valence-electron chi connectivity index (χ1n) is 3.47. The van der Waals surface area contributed by atoms with Crippen molar-refractivity contribution < 1.29 is 0 Å². The second-order valence-electron chi connectivity index (χ2n) is 2.69. The van der Waals surface area contributed by atoms with E-state index in [1.54, 1.807) is 5.19 Å². The molecule has 1 radical (unpaired) electrons. The standard InChI is InChI=1S/C8H11SiTe/c1-9(2)7-5-3-4-6-8(7)10/h3-6,9H,1-2H3. The van der Waals surface area contributed by atoms with Gasteiger partial charge in [-0.2, -0.15) is 0 Å². The summed E-state index contributed by atoms with van der Waals surface area (Å²) in [7, 11) is -0.566. The Morgan fingerprint density at radius 1 is 1.20 bits per heavy atom. The molecule has 53 valence electrons. The van der Waals surface area contributed by atoms with Crippen molar-refractivity contribution in [2.24, 2.45) is 0 Å². The fourth-order valence-electron chi connectivity index (χ4n) is 0.958. The molecule has 0 saturated heterocycles. The maximum absolute atomic E-state index is 2.37. The summed E-state index contributed by atoms with van der Waals surface area (Å²) in [6, 6.07) is 8.70. The van der Waals surface area contributed by atoms with Crippen LogP contribution in [-0.2, 0) is 0 Å². The molecule has 0 unspecified atom stereocenters. The van der Waals surface area contributed by atoms with Crippen molar-refractivity contribution in [3.05, 3.63) is 24.3 Å². The summed E-state index contributed by atoms with van der Waals surface area (Å²) in [5.41, 5.74) is 0. The molecule has 0 atom stereocenters. The minimum atomic E-state index is -0.566. The van der Waals surface area contributed by atoms with E-state index in [0.717, 1.165) is 0 Å². The van der Waals surface area contributed by atoms with Gasteiger partial charge in [0.05, 0.1) is 0 Å². The van der Waals surface area contributed by atoms with Gasteiger partial charge in [-0.05, 0) is 0 Å². The van der Waals surface area contributed by atoms with E-state index in [0.29, 0.717) is 0 Å². The molecule has 0 aromatic heterocycles. The van der Waals surface area contributed by atoms with Crippen molar-refractivity contribution in [2.75, 3.05) is 0 Å². The molecule has 0 fully saturated rings. The number of hydrogen-bond acceptors (Lipinski definition) is 0. The molecule has 0 aliphatic carbocycles. The summed E-state index contributed by atoms with van der Waals surface area (Å²) in [6.45, 7) is 4.73. The second kappa shape index (κ2) is 3.57. The number of hydrogen-bond donors (Lipinski definition) is 0. The molecule has 0 amide bonds. The SMILES string of the molecule is C[SiH](C)c1ccccc1[Te]. The van der Waals surface area contributed by atoms with E-state index < -0.39 is 8.80 Å². The summed E-state index contributed by atoms with van der Waals surface area (Å²) in [6.07, 6.45) is 0. The van der Waals surface area contributed by atoms with Gasteiger partial charge in [0.15, 0.2) is 0 Å². The van der Waals surface area contributed by atoms with Gasteiger partial charge in [0.2, 0.25) is 0 Å². The molecule has 0 spiro atoms. The second-order valence-corrected chi connectivity index (χ2v) is 6.88. The molecule has 0 aliphatic heterocycles. The average molecular weight is 263 g/mol. The third kappa shape index (κ3) is 1.85. The molecular formula is C8H11SiTe. The number of benzene rings is 1. The molecule has 10 heavy (non-hydrogen) atoms. The fraction of sp³-hybridized carbons (Fsp3) is 0.250. The van der Waals surface area contributed by atoms with Crippen LogP contribution in [0.5, 0.6) is 0 Å².